The molecule has 0 spiro atoms. The van der Waals surface area contributed by atoms with Crippen LogP contribution in [-0.2, 0) is 4.79 Å². The molecule has 1 aromatic rings. The van der Waals surface area contributed by atoms with Crippen LogP contribution < -0.4 is 10.6 Å². The molecule has 1 unspecified atom stereocenters. The Labute approximate surface area is 104 Å². The topological polar surface area (TPSA) is 41.1 Å². The van der Waals surface area contributed by atoms with Gasteiger partial charge in [-0.2, -0.15) is 0 Å². The number of carbonyl (C=O) groups is 1. The molecule has 0 bridgehead atoms. The molecule has 0 aromatic heterocycles. The number of nitrogens with one attached hydrogen (secondary N) is 2. The number of amides is 1. The van der Waals surface area contributed by atoms with Gasteiger partial charge in [-0.05, 0) is 18.4 Å². The van der Waals surface area contributed by atoms with Crippen LogP contribution in [0.4, 0.5) is 15.8 Å². The van der Waals surface area contributed by atoms with E-state index in [0.717, 1.165) is 6.42 Å². The molecule has 0 radical (unpaired) electrons. The Morgan fingerprint density at radius 3 is 2.76 bits per heavy atom. The second kappa shape index (κ2) is 4.53. The Morgan fingerprint density at radius 2 is 2.12 bits per heavy atom. The number of anilines is 2. The highest BCUT2D eigenvalue weighted by Gasteiger charge is 2.26. The van der Waals surface area contributed by atoms with Crippen molar-refractivity contribution >= 4 is 28.9 Å². The molecule has 92 valence electrons. The summed E-state index contributed by atoms with van der Waals surface area (Å²) in [6, 6.07) is 2.44. The lowest BCUT2D eigenvalue weighted by Crippen LogP contribution is -2.39. The third-order valence-electron chi connectivity index (χ3n) is 2.67. The van der Waals surface area contributed by atoms with Crippen molar-refractivity contribution in [3.63, 3.8) is 0 Å². The summed E-state index contributed by atoms with van der Waals surface area (Å²) < 4.78 is 13.2. The fourth-order valence-corrected chi connectivity index (χ4v) is 2.04. The number of hydrogen-bond acceptors (Lipinski definition) is 2. The number of hydrogen-bond donors (Lipinski definition) is 2. The quantitative estimate of drug-likeness (QED) is 0.853. The van der Waals surface area contributed by atoms with Gasteiger partial charge in [0.05, 0.1) is 16.4 Å². The molecule has 1 aromatic carbocycles. The predicted molar refractivity (Wildman–Crippen MR) is 66.9 cm³/mol. The number of halogens is 2. The maximum Gasteiger partial charge on any atom is 0.246 e. The molecule has 1 amide bonds. The Kier molecular flexibility index (Phi) is 3.24. The molecule has 2 rings (SSSR count). The molecule has 17 heavy (non-hydrogen) atoms. The summed E-state index contributed by atoms with van der Waals surface area (Å²) in [6.07, 6.45) is 0.722. The molecule has 1 heterocycles. The van der Waals surface area contributed by atoms with E-state index in [4.69, 9.17) is 11.6 Å². The van der Waals surface area contributed by atoms with Crippen molar-refractivity contribution in [3.8, 4) is 0 Å². The van der Waals surface area contributed by atoms with Gasteiger partial charge < -0.3 is 10.6 Å². The van der Waals surface area contributed by atoms with E-state index in [-0.39, 0.29) is 17.0 Å². The highest BCUT2D eigenvalue weighted by Crippen LogP contribution is 2.32. The van der Waals surface area contributed by atoms with Crippen LogP contribution in [0, 0.1) is 11.7 Å². The van der Waals surface area contributed by atoms with E-state index in [1.54, 1.807) is 0 Å². The van der Waals surface area contributed by atoms with Gasteiger partial charge in [0.15, 0.2) is 0 Å². The predicted octanol–water partition coefficient (Wildman–Crippen LogP) is 3.26. The molecule has 0 saturated carbocycles. The average molecular weight is 257 g/mol. The highest BCUT2D eigenvalue weighted by molar-refractivity contribution is 6.31. The molecule has 1 atom stereocenters. The summed E-state index contributed by atoms with van der Waals surface area (Å²) in [5.74, 6) is -0.265. The first-order valence-electron chi connectivity index (χ1n) is 5.54. The van der Waals surface area contributed by atoms with Gasteiger partial charge in [0, 0.05) is 6.07 Å². The minimum atomic E-state index is -0.533. The van der Waals surface area contributed by atoms with Gasteiger partial charge in [0.2, 0.25) is 5.91 Å². The van der Waals surface area contributed by atoms with Crippen molar-refractivity contribution in [2.24, 2.45) is 5.92 Å². The van der Waals surface area contributed by atoms with Crippen LogP contribution in [0.15, 0.2) is 12.1 Å². The first-order chi connectivity index (χ1) is 7.97. The third kappa shape index (κ3) is 2.52. The Balaban J connectivity index is 2.28. The van der Waals surface area contributed by atoms with Crippen LogP contribution in [0.1, 0.15) is 20.3 Å². The fourth-order valence-electron chi connectivity index (χ4n) is 1.88. The third-order valence-corrected chi connectivity index (χ3v) is 2.96. The minimum absolute atomic E-state index is 0.0516. The molecule has 2 N–H and O–H groups in total. The van der Waals surface area contributed by atoms with Gasteiger partial charge in [0.25, 0.3) is 0 Å². The standard InChI is InChI=1S/C12H14ClFN2O/c1-6(2)3-11-12(17)16-10-5-8(14)7(13)4-9(10)15-11/h4-6,11,15H,3H2,1-2H3,(H,16,17). The first-order valence-corrected chi connectivity index (χ1v) is 5.91. The van der Waals surface area contributed by atoms with Crippen LogP contribution in [0.5, 0.6) is 0 Å². The molecule has 0 aliphatic carbocycles. The van der Waals surface area contributed by atoms with E-state index >= 15 is 0 Å². The molecule has 1 aliphatic heterocycles. The Morgan fingerprint density at radius 1 is 1.41 bits per heavy atom. The molecule has 0 saturated heterocycles. The molecule has 0 fully saturated rings. The van der Waals surface area contributed by atoms with Gasteiger partial charge in [-0.1, -0.05) is 25.4 Å². The first kappa shape index (κ1) is 12.2. The Hall–Kier alpha value is -1.29. The Bertz CT molecular complexity index is 462. The van der Waals surface area contributed by atoms with E-state index < -0.39 is 5.82 Å². The zero-order valence-electron chi connectivity index (χ0n) is 9.68. The number of benzene rings is 1. The monoisotopic (exact) mass is 256 g/mol. The van der Waals surface area contributed by atoms with Crippen molar-refractivity contribution in [1.29, 1.82) is 0 Å². The average Bonchev–Trinajstić information content (AvgIpc) is 2.22. The van der Waals surface area contributed by atoms with Crippen LogP contribution in [0.2, 0.25) is 5.02 Å². The molecular weight excluding hydrogens is 243 g/mol. The van der Waals surface area contributed by atoms with Gasteiger partial charge in [0.1, 0.15) is 11.9 Å². The van der Waals surface area contributed by atoms with Gasteiger partial charge >= 0.3 is 0 Å². The van der Waals surface area contributed by atoms with E-state index in [1.165, 1.54) is 12.1 Å². The largest absolute Gasteiger partial charge is 0.372 e. The molecule has 1 aliphatic rings. The maximum absolute atomic E-state index is 13.2. The maximum atomic E-state index is 13.2. The SMILES string of the molecule is CC(C)CC1Nc2cc(Cl)c(F)cc2NC1=O. The second-order valence-electron chi connectivity index (χ2n) is 4.63. The minimum Gasteiger partial charge on any atom is -0.372 e. The van der Waals surface area contributed by atoms with Crippen molar-refractivity contribution in [2.75, 3.05) is 10.6 Å². The zero-order chi connectivity index (χ0) is 12.6. The van der Waals surface area contributed by atoms with Gasteiger partial charge in [-0.15, -0.1) is 0 Å². The van der Waals surface area contributed by atoms with E-state index in [9.17, 15) is 9.18 Å². The summed E-state index contributed by atoms with van der Waals surface area (Å²) in [4.78, 5) is 11.8. The van der Waals surface area contributed by atoms with Crippen molar-refractivity contribution < 1.29 is 9.18 Å². The van der Waals surface area contributed by atoms with Crippen molar-refractivity contribution in [1.82, 2.24) is 0 Å². The summed E-state index contributed by atoms with van der Waals surface area (Å²) in [5.41, 5.74) is 1.11. The van der Waals surface area contributed by atoms with Crippen LogP contribution in [0.25, 0.3) is 0 Å². The second-order valence-corrected chi connectivity index (χ2v) is 5.03. The molecular formula is C12H14ClFN2O. The van der Waals surface area contributed by atoms with E-state index in [2.05, 4.69) is 10.6 Å². The van der Waals surface area contributed by atoms with Crippen molar-refractivity contribution in [3.05, 3.63) is 23.0 Å². The van der Waals surface area contributed by atoms with Gasteiger partial charge in [-0.25, -0.2) is 4.39 Å². The summed E-state index contributed by atoms with van der Waals surface area (Å²) in [7, 11) is 0. The van der Waals surface area contributed by atoms with Crippen molar-refractivity contribution in [2.45, 2.75) is 26.3 Å². The summed E-state index contributed by atoms with van der Waals surface area (Å²) >= 11 is 5.71. The smallest absolute Gasteiger partial charge is 0.246 e. The summed E-state index contributed by atoms with van der Waals surface area (Å²) in [5, 5.41) is 5.82. The van der Waals surface area contributed by atoms with E-state index in [0.29, 0.717) is 17.3 Å². The lowest BCUT2D eigenvalue weighted by Gasteiger charge is -2.28. The van der Waals surface area contributed by atoms with Crippen LogP contribution in [-0.4, -0.2) is 11.9 Å². The number of rotatable bonds is 2. The molecule has 3 nitrogen and oxygen atoms in total. The summed E-state index contributed by atoms with van der Waals surface area (Å²) in [6.45, 7) is 4.09. The van der Waals surface area contributed by atoms with Crippen LogP contribution >= 0.6 is 11.6 Å². The normalized spacial score (nSPS) is 18.6. The number of carbonyl (C=O) groups excluding carboxylic acids is 1. The van der Waals surface area contributed by atoms with E-state index in [1.807, 2.05) is 13.8 Å². The lowest BCUT2D eigenvalue weighted by molar-refractivity contribution is -0.117. The van der Waals surface area contributed by atoms with Gasteiger partial charge in [-0.3, -0.25) is 4.79 Å². The number of fused-ring (bicyclic) bond motifs is 1. The fraction of sp³-hybridized carbons (Fsp3) is 0.417. The van der Waals surface area contributed by atoms with Crippen LogP contribution in [0.3, 0.4) is 0 Å². The lowest BCUT2D eigenvalue weighted by atomic mass is 10.0. The highest BCUT2D eigenvalue weighted by atomic mass is 35.5. The zero-order valence-corrected chi connectivity index (χ0v) is 10.4. The molecule has 5 heteroatoms.